The second-order valence-electron chi connectivity index (χ2n) is 10.7. The topological polar surface area (TPSA) is 71.2 Å². The Morgan fingerprint density at radius 2 is 1.84 bits per heavy atom. The van der Waals surface area contributed by atoms with Gasteiger partial charge in [-0.2, -0.15) is 30.4 Å². The number of ketones is 1. The third-order valence-electron chi connectivity index (χ3n) is 5.32. The van der Waals surface area contributed by atoms with Crippen LogP contribution >= 0.6 is 40.0 Å². The first kappa shape index (κ1) is 40.3. The van der Waals surface area contributed by atoms with E-state index < -0.39 is 11.9 Å². The Kier molecular flexibility index (Phi) is 17.3. The molecule has 2 heterocycles. The molecule has 0 aliphatic heterocycles. The van der Waals surface area contributed by atoms with Crippen LogP contribution in [0.3, 0.4) is 0 Å². The summed E-state index contributed by atoms with van der Waals surface area (Å²) in [7, 11) is 1.40. The molecule has 0 aliphatic carbocycles. The molecule has 2 unspecified atom stereocenters. The predicted octanol–water partition coefficient (Wildman–Crippen LogP) is 6.03. The van der Waals surface area contributed by atoms with Crippen molar-refractivity contribution < 1.29 is 78.8 Å². The van der Waals surface area contributed by atoms with Crippen LogP contribution in [0.15, 0.2) is 42.6 Å². The summed E-state index contributed by atoms with van der Waals surface area (Å²) in [6.45, 7) is 12.4. The van der Waals surface area contributed by atoms with Crippen molar-refractivity contribution in [3.63, 3.8) is 0 Å². The van der Waals surface area contributed by atoms with Crippen molar-refractivity contribution in [2.75, 3.05) is 13.7 Å². The van der Waals surface area contributed by atoms with E-state index in [1.807, 2.05) is 30.4 Å². The van der Waals surface area contributed by atoms with Crippen LogP contribution in [-0.2, 0) is 11.0 Å². The summed E-state index contributed by atoms with van der Waals surface area (Å²) in [5.41, 5.74) is 0.866. The van der Waals surface area contributed by atoms with Crippen LogP contribution < -0.4 is 60.9 Å². The van der Waals surface area contributed by atoms with Gasteiger partial charge < -0.3 is 14.2 Å². The number of halogens is 5. The quantitative estimate of drug-likeness (QED) is 0.0947. The molecule has 2 aromatic heterocycles. The number of Topliss-reactive ketones (excluding diaryl/α,β-unsaturated/α-hetero) is 1. The van der Waals surface area contributed by atoms with Gasteiger partial charge in [-0.15, -0.1) is 23.7 Å². The normalized spacial score (nSPS) is 12.1. The molecule has 0 saturated heterocycles. The molecule has 43 heavy (non-hydrogen) atoms. The van der Waals surface area contributed by atoms with Crippen LogP contribution in [0.4, 0.5) is 13.2 Å². The second-order valence-corrected chi connectivity index (χ2v) is 13.1. The summed E-state index contributed by atoms with van der Waals surface area (Å²) >= 11 is 8.20. The van der Waals surface area contributed by atoms with Crippen LogP contribution in [0.2, 0.25) is 5.02 Å². The summed E-state index contributed by atoms with van der Waals surface area (Å²) < 4.78 is 51.4. The molecule has 0 radical (unpaired) electrons. The van der Waals surface area contributed by atoms with Crippen LogP contribution in [-0.4, -0.2) is 38.8 Å². The summed E-state index contributed by atoms with van der Waals surface area (Å²) in [6, 6.07) is 12.0. The molecule has 0 fully saturated rings. The molecule has 230 valence electrons. The molecule has 0 aliphatic rings. The molecule has 4 aromatic rings. The molecule has 4 rings (SSSR count). The molecular formula is C29H34ClF3IKN4O3P-. The van der Waals surface area contributed by atoms with Crippen LogP contribution in [0, 0.1) is 23.6 Å². The Bertz CT molecular complexity index is 1460. The molecule has 0 N–H and O–H groups in total. The first-order valence-electron chi connectivity index (χ1n) is 12.9. The fourth-order valence-electron chi connectivity index (χ4n) is 3.01. The number of benzene rings is 2. The standard InChI is InChI=1S/C17H18F3N2O3.C7H4ClIN2P.C5H12.K/c1-4-11(2)13(23)10-25-14-6-5-12(9-15(14)24-3)22-8-7-16(21-22)17(18,19)20;8-6-2-1-3-7-5(6)4-10-11(7)12-9;1-5(2,3)4;/h5-7,9,11H,4,10H2,1-3H3;1,3-4,12H;1-4H3;/q2*-1;;+1. The van der Waals surface area contributed by atoms with Gasteiger partial charge in [0.15, 0.2) is 17.3 Å². The van der Waals surface area contributed by atoms with Gasteiger partial charge in [0.05, 0.1) is 19.2 Å². The van der Waals surface area contributed by atoms with Crippen LogP contribution in [0.1, 0.15) is 53.7 Å². The average molecular weight is 776 g/mol. The fraction of sp³-hybridized carbons (Fsp3) is 0.414. The minimum absolute atomic E-state index is 0. The Labute approximate surface area is 313 Å². The zero-order valence-electron chi connectivity index (χ0n) is 25.4. The predicted molar refractivity (Wildman–Crippen MR) is 170 cm³/mol. The van der Waals surface area contributed by atoms with E-state index in [1.54, 1.807) is 6.20 Å². The number of hydrogen-bond donors (Lipinski definition) is 0. The number of carbonyl (C=O) groups excluding carboxylic acids is 1. The van der Waals surface area contributed by atoms with E-state index >= 15 is 0 Å². The minimum atomic E-state index is -4.54. The van der Waals surface area contributed by atoms with Crippen molar-refractivity contribution in [1.82, 2.24) is 19.3 Å². The van der Waals surface area contributed by atoms with E-state index in [0.717, 1.165) is 28.1 Å². The van der Waals surface area contributed by atoms with E-state index in [0.29, 0.717) is 28.2 Å². The maximum atomic E-state index is 12.6. The van der Waals surface area contributed by atoms with Crippen molar-refractivity contribution >= 4 is 56.7 Å². The maximum Gasteiger partial charge on any atom is 1.00 e. The number of methoxy groups -OCH3 is 1. The van der Waals surface area contributed by atoms with Gasteiger partial charge in [0, 0.05) is 12.1 Å². The molecule has 14 heteroatoms. The zero-order valence-corrected chi connectivity index (χ0v) is 32.5. The number of nitrogens with zero attached hydrogens (tertiary/aromatic N) is 4. The van der Waals surface area contributed by atoms with E-state index in [9.17, 15) is 18.0 Å². The first-order valence-corrected chi connectivity index (χ1v) is 17.3. The second kappa shape index (κ2) is 18.4. The van der Waals surface area contributed by atoms with Gasteiger partial charge >= 0.3 is 57.6 Å². The van der Waals surface area contributed by atoms with E-state index in [-0.39, 0.29) is 75.4 Å². The summed E-state index contributed by atoms with van der Waals surface area (Å²) in [5, 5.41) is 9.26. The van der Waals surface area contributed by atoms with Crippen LogP contribution in [0.25, 0.3) is 16.6 Å². The summed E-state index contributed by atoms with van der Waals surface area (Å²) in [4.78, 5) is 11.8. The largest absolute Gasteiger partial charge is 1.00 e. The van der Waals surface area contributed by atoms with Gasteiger partial charge in [0.2, 0.25) is 0 Å². The minimum Gasteiger partial charge on any atom is -0.494 e. The van der Waals surface area contributed by atoms with E-state index in [2.05, 4.69) is 72.2 Å². The van der Waals surface area contributed by atoms with Gasteiger partial charge in [-0.1, -0.05) is 64.2 Å². The molecule has 0 bridgehead atoms. The number of fused-ring (bicyclic) bond motifs is 1. The smallest absolute Gasteiger partial charge is 0.494 e. The molecule has 0 spiro atoms. The van der Waals surface area contributed by atoms with Crippen molar-refractivity contribution in [3.8, 4) is 17.2 Å². The molecule has 0 amide bonds. The molecule has 0 saturated carbocycles. The number of alkyl halides is 3. The molecular weight excluding hydrogens is 742 g/mol. The third-order valence-corrected chi connectivity index (χ3v) is 7.52. The van der Waals surface area contributed by atoms with Gasteiger partial charge in [0.25, 0.3) is 0 Å². The van der Waals surface area contributed by atoms with Crippen LogP contribution in [0.5, 0.6) is 11.5 Å². The Morgan fingerprint density at radius 1 is 1.19 bits per heavy atom. The summed E-state index contributed by atoms with van der Waals surface area (Å²) in [6.07, 6.45) is 0.973. The first-order chi connectivity index (χ1) is 19.6. The van der Waals surface area contributed by atoms with Crippen molar-refractivity contribution in [2.24, 2.45) is 11.3 Å². The Morgan fingerprint density at radius 3 is 2.37 bits per heavy atom. The van der Waals surface area contributed by atoms with Crippen molar-refractivity contribution in [2.45, 2.75) is 54.1 Å². The third kappa shape index (κ3) is 13.3. The molecule has 2 aromatic carbocycles. The van der Waals surface area contributed by atoms with Gasteiger partial charge in [-0.3, -0.25) is 14.3 Å². The van der Waals surface area contributed by atoms with E-state index in [1.165, 1.54) is 25.3 Å². The number of hydrogen-bond acceptors (Lipinski definition) is 5. The fourth-order valence-corrected chi connectivity index (χ4v) is 4.76. The van der Waals surface area contributed by atoms with E-state index in [4.69, 9.17) is 21.1 Å². The van der Waals surface area contributed by atoms with Crippen molar-refractivity contribution in [1.29, 1.82) is 0 Å². The molecule has 2 atom stereocenters. The number of rotatable bonds is 8. The van der Waals surface area contributed by atoms with Gasteiger partial charge in [-0.05, 0) is 57.2 Å². The maximum absolute atomic E-state index is 12.6. The monoisotopic (exact) mass is 775 g/mol. The number of aromatic nitrogens is 4. The SMILES string of the molecule is CC(C)(C)C.CCC(C)C(=O)COc1ccc(-n2[c-]cc(C(F)(F)F)n2)cc1OC.Clc1[c-]ccc2c1cnn2PI.[K+]. The molecule has 7 nitrogen and oxygen atoms in total. The Hall–Kier alpha value is -0.734. The zero-order chi connectivity index (χ0) is 31.7. The number of carbonyl (C=O) groups is 1. The van der Waals surface area contributed by atoms with Crippen molar-refractivity contribution in [3.05, 3.63) is 65.6 Å². The average Bonchev–Trinajstić information content (AvgIpc) is 3.59. The summed E-state index contributed by atoms with van der Waals surface area (Å²) in [5.74, 6) is 0.464. The number of ether oxygens (including phenoxy) is 2. The van der Waals surface area contributed by atoms with Gasteiger partial charge in [-0.25, -0.2) is 0 Å². The Balaban J connectivity index is 0.000000423. The van der Waals surface area contributed by atoms with Gasteiger partial charge in [0.1, 0.15) is 6.61 Å².